The molecule has 0 amide bonds. The fourth-order valence-electron chi connectivity index (χ4n) is 2.92. The lowest BCUT2D eigenvalue weighted by Crippen LogP contribution is -2.44. The van der Waals surface area contributed by atoms with E-state index < -0.39 is 0 Å². The second-order valence-electron chi connectivity index (χ2n) is 6.04. The van der Waals surface area contributed by atoms with Crippen LogP contribution in [0.25, 0.3) is 5.82 Å². The van der Waals surface area contributed by atoms with Gasteiger partial charge in [0.05, 0.1) is 11.0 Å². The van der Waals surface area contributed by atoms with E-state index in [1.54, 1.807) is 17.2 Å². The van der Waals surface area contributed by atoms with Gasteiger partial charge in [0.2, 0.25) is 0 Å². The fourth-order valence-corrected chi connectivity index (χ4v) is 3.13. The Kier molecular flexibility index (Phi) is 5.05. The Morgan fingerprint density at radius 2 is 1.78 bits per heavy atom. The number of nitrogens with zero attached hydrogens (tertiary/aromatic N) is 3. The molecule has 136 valence electrons. The molecule has 27 heavy (non-hydrogen) atoms. The van der Waals surface area contributed by atoms with Crippen molar-refractivity contribution in [2.45, 2.75) is 6.61 Å². The third-order valence-corrected chi connectivity index (χ3v) is 4.45. The molecule has 1 heterocycles. The molecule has 0 aliphatic carbocycles. The van der Waals surface area contributed by atoms with E-state index >= 15 is 0 Å². The van der Waals surface area contributed by atoms with Crippen molar-refractivity contribution >= 4 is 23.3 Å². The van der Waals surface area contributed by atoms with Gasteiger partial charge in [-0.2, -0.15) is 0 Å². The van der Waals surface area contributed by atoms with Gasteiger partial charge in [-0.1, -0.05) is 48.5 Å². The first-order valence-corrected chi connectivity index (χ1v) is 8.86. The molecule has 0 fully saturated rings. The molecular weight excluding hydrogens is 365 g/mol. The van der Waals surface area contributed by atoms with Crippen molar-refractivity contribution in [3.63, 3.8) is 0 Å². The predicted molar refractivity (Wildman–Crippen MR) is 103 cm³/mol. The average molecular weight is 382 g/mol. The van der Waals surface area contributed by atoms with Crippen LogP contribution < -0.4 is 15.6 Å². The summed E-state index contributed by atoms with van der Waals surface area (Å²) in [5.74, 6) is 0.250. The highest BCUT2D eigenvalue weighted by Gasteiger charge is 2.23. The normalized spacial score (nSPS) is 13.1. The summed E-state index contributed by atoms with van der Waals surface area (Å²) in [4.78, 5) is 10.6. The Bertz CT molecular complexity index is 1060. The van der Waals surface area contributed by atoms with Gasteiger partial charge < -0.3 is 0 Å². The number of benzene rings is 3. The van der Waals surface area contributed by atoms with Crippen LogP contribution in [0.4, 0.5) is 10.1 Å². The molecule has 0 unspecified atom stereocenters. The predicted octanol–water partition coefficient (Wildman–Crippen LogP) is 3.58. The third-order valence-electron chi connectivity index (χ3n) is 4.18. The molecule has 0 spiro atoms. The van der Waals surface area contributed by atoms with Gasteiger partial charge in [0.1, 0.15) is 19.1 Å². The SMILES string of the molecule is Fc1cccc(N(OCc2ccccc2)C2=c3ccccc3=NCN2Cl)c1. The number of hydrogen-bond donors (Lipinski definition) is 0. The highest BCUT2D eigenvalue weighted by Crippen LogP contribution is 2.25. The van der Waals surface area contributed by atoms with Crippen LogP contribution in [-0.4, -0.2) is 11.1 Å². The van der Waals surface area contributed by atoms with E-state index in [2.05, 4.69) is 4.99 Å². The highest BCUT2D eigenvalue weighted by atomic mass is 35.5. The van der Waals surface area contributed by atoms with E-state index in [4.69, 9.17) is 16.6 Å². The second-order valence-corrected chi connectivity index (χ2v) is 6.44. The minimum Gasteiger partial charge on any atom is -0.262 e. The molecule has 4 nitrogen and oxygen atoms in total. The Morgan fingerprint density at radius 3 is 2.59 bits per heavy atom. The van der Waals surface area contributed by atoms with Crippen molar-refractivity contribution in [3.8, 4) is 0 Å². The topological polar surface area (TPSA) is 28.1 Å². The fraction of sp³-hybridized carbons (Fsp3) is 0.0952. The largest absolute Gasteiger partial charge is 0.262 e. The summed E-state index contributed by atoms with van der Waals surface area (Å²) in [5.41, 5.74) is 1.54. The number of para-hydroxylation sites is 1. The molecule has 3 aromatic carbocycles. The first-order valence-electron chi connectivity index (χ1n) is 8.52. The summed E-state index contributed by atoms with van der Waals surface area (Å²) in [6.07, 6.45) is 0. The van der Waals surface area contributed by atoms with Crippen molar-refractivity contribution in [1.29, 1.82) is 0 Å². The van der Waals surface area contributed by atoms with E-state index in [9.17, 15) is 4.39 Å². The summed E-state index contributed by atoms with van der Waals surface area (Å²) in [6.45, 7) is 0.583. The van der Waals surface area contributed by atoms with Crippen molar-refractivity contribution in [1.82, 2.24) is 4.42 Å². The van der Waals surface area contributed by atoms with E-state index in [-0.39, 0.29) is 12.5 Å². The smallest absolute Gasteiger partial charge is 0.160 e. The first-order chi connectivity index (χ1) is 13.2. The summed E-state index contributed by atoms with van der Waals surface area (Å²) in [7, 11) is 0. The quantitative estimate of drug-likeness (QED) is 0.499. The number of hydroxylamine groups is 1. The lowest BCUT2D eigenvalue weighted by Gasteiger charge is -2.31. The summed E-state index contributed by atoms with van der Waals surface area (Å²) < 4.78 is 15.4. The van der Waals surface area contributed by atoms with E-state index in [1.165, 1.54) is 16.6 Å². The number of anilines is 1. The van der Waals surface area contributed by atoms with Gasteiger partial charge in [-0.3, -0.25) is 9.83 Å². The molecule has 0 atom stereocenters. The van der Waals surface area contributed by atoms with Crippen LogP contribution in [0.15, 0.2) is 83.9 Å². The molecule has 1 aliphatic rings. The zero-order valence-corrected chi connectivity index (χ0v) is 15.2. The monoisotopic (exact) mass is 381 g/mol. The molecule has 1 aliphatic heterocycles. The zero-order valence-electron chi connectivity index (χ0n) is 14.4. The maximum atomic E-state index is 13.9. The van der Waals surface area contributed by atoms with Gasteiger partial charge in [-0.05, 0) is 29.8 Å². The molecule has 4 rings (SSSR count). The van der Waals surface area contributed by atoms with Gasteiger partial charge in [0.15, 0.2) is 5.82 Å². The molecule has 3 aromatic rings. The summed E-state index contributed by atoms with van der Waals surface area (Å²) in [6, 6.07) is 23.7. The van der Waals surface area contributed by atoms with Gasteiger partial charge in [0.25, 0.3) is 0 Å². The Hall–Kier alpha value is -2.89. The molecular formula is C21H17ClFN3O. The van der Waals surface area contributed by atoms with Gasteiger partial charge in [-0.15, -0.1) is 0 Å². The van der Waals surface area contributed by atoms with E-state index in [0.717, 1.165) is 16.1 Å². The van der Waals surface area contributed by atoms with E-state index in [1.807, 2.05) is 54.6 Å². The maximum absolute atomic E-state index is 13.9. The van der Waals surface area contributed by atoms with Gasteiger partial charge in [0, 0.05) is 23.1 Å². The Morgan fingerprint density at radius 1 is 1.00 bits per heavy atom. The summed E-state index contributed by atoms with van der Waals surface area (Å²) in [5, 5.41) is 3.20. The van der Waals surface area contributed by atoms with Crippen LogP contribution in [0, 0.1) is 5.82 Å². The van der Waals surface area contributed by atoms with Crippen molar-refractivity contribution in [3.05, 3.63) is 101 Å². The zero-order chi connectivity index (χ0) is 18.6. The molecule has 6 heteroatoms. The van der Waals surface area contributed by atoms with Gasteiger partial charge in [-0.25, -0.2) is 13.9 Å². The Balaban J connectivity index is 1.81. The highest BCUT2D eigenvalue weighted by molar-refractivity contribution is 6.17. The van der Waals surface area contributed by atoms with Crippen molar-refractivity contribution in [2.24, 2.45) is 4.99 Å². The van der Waals surface area contributed by atoms with Gasteiger partial charge >= 0.3 is 0 Å². The standard InChI is InChI=1S/C21H17ClFN3O/c22-25-15-24-20-12-5-4-11-19(20)21(25)26(18-10-6-9-17(23)13-18)27-14-16-7-2-1-3-8-16/h1-13H,14-15H2. The van der Waals surface area contributed by atoms with Crippen molar-refractivity contribution < 1.29 is 9.23 Å². The molecule has 0 radical (unpaired) electrons. The van der Waals surface area contributed by atoms with Crippen molar-refractivity contribution in [2.75, 3.05) is 11.7 Å². The van der Waals surface area contributed by atoms with Crippen LogP contribution in [0.5, 0.6) is 0 Å². The molecule has 0 N–H and O–H groups in total. The van der Waals surface area contributed by atoms with Crippen LogP contribution in [0.1, 0.15) is 5.56 Å². The molecule has 0 saturated heterocycles. The average Bonchev–Trinajstić information content (AvgIpc) is 2.70. The van der Waals surface area contributed by atoms with Crippen LogP contribution in [0.2, 0.25) is 0 Å². The Labute approximate surface area is 161 Å². The van der Waals surface area contributed by atoms with E-state index in [0.29, 0.717) is 18.1 Å². The van der Waals surface area contributed by atoms with Crippen LogP contribution >= 0.6 is 11.8 Å². The number of hydrogen-bond acceptors (Lipinski definition) is 4. The summed E-state index contributed by atoms with van der Waals surface area (Å²) >= 11 is 6.46. The minimum absolute atomic E-state index is 0.272. The molecule has 0 aromatic heterocycles. The lowest BCUT2D eigenvalue weighted by atomic mass is 10.2. The lowest BCUT2D eigenvalue weighted by molar-refractivity contribution is 0.116. The second kappa shape index (κ2) is 7.78. The minimum atomic E-state index is -0.351. The number of rotatable bonds is 5. The first kappa shape index (κ1) is 17.5. The maximum Gasteiger partial charge on any atom is 0.160 e. The number of fused-ring (bicyclic) bond motifs is 1. The van der Waals surface area contributed by atoms with Crippen LogP contribution in [-0.2, 0) is 11.4 Å². The molecule has 0 saturated carbocycles. The molecule has 0 bridgehead atoms. The number of halogens is 2. The third kappa shape index (κ3) is 3.79. The van der Waals surface area contributed by atoms with Crippen LogP contribution in [0.3, 0.4) is 0 Å².